The molecular weight excluding hydrogens is 143 g/mol. The lowest BCUT2D eigenvalue weighted by atomic mass is 9.79. The molecule has 4 atom stereocenters. The summed E-state index contributed by atoms with van der Waals surface area (Å²) in [6.45, 7) is 0. The first kappa shape index (κ1) is 7.53. The molecule has 2 aliphatic carbocycles. The second-order valence-electron chi connectivity index (χ2n) is 4.01. The SMILES string of the molecule is O[C@@H]1C[C@@H]2CCC[C@H]2C[C@H]1F. The average molecular weight is 158 g/mol. The Kier molecular flexibility index (Phi) is 1.88. The molecule has 0 aromatic carbocycles. The molecule has 0 bridgehead atoms. The zero-order valence-electron chi connectivity index (χ0n) is 6.67. The summed E-state index contributed by atoms with van der Waals surface area (Å²) in [5.41, 5.74) is 0. The van der Waals surface area contributed by atoms with Crippen LogP contribution in [0.15, 0.2) is 0 Å². The molecule has 0 spiro atoms. The van der Waals surface area contributed by atoms with Crippen LogP contribution in [0.2, 0.25) is 0 Å². The lowest BCUT2D eigenvalue weighted by Crippen LogP contribution is -2.34. The Morgan fingerprint density at radius 1 is 1.09 bits per heavy atom. The molecule has 0 aromatic heterocycles. The molecule has 2 saturated carbocycles. The summed E-state index contributed by atoms with van der Waals surface area (Å²) in [7, 11) is 0. The van der Waals surface area contributed by atoms with Gasteiger partial charge >= 0.3 is 0 Å². The van der Waals surface area contributed by atoms with E-state index in [4.69, 9.17) is 0 Å². The topological polar surface area (TPSA) is 20.2 Å². The highest BCUT2D eigenvalue weighted by Gasteiger charge is 2.38. The highest BCUT2D eigenvalue weighted by Crippen LogP contribution is 2.42. The van der Waals surface area contributed by atoms with Crippen LogP contribution < -0.4 is 0 Å². The normalized spacial score (nSPS) is 50.7. The summed E-state index contributed by atoms with van der Waals surface area (Å²) in [5.74, 6) is 1.23. The largest absolute Gasteiger partial charge is 0.390 e. The predicted molar refractivity (Wildman–Crippen MR) is 41.0 cm³/mol. The fourth-order valence-corrected chi connectivity index (χ4v) is 2.64. The van der Waals surface area contributed by atoms with Gasteiger partial charge < -0.3 is 5.11 Å². The van der Waals surface area contributed by atoms with Crippen molar-refractivity contribution in [2.45, 2.75) is 44.4 Å². The van der Waals surface area contributed by atoms with Crippen LogP contribution in [0.1, 0.15) is 32.1 Å². The van der Waals surface area contributed by atoms with Gasteiger partial charge in [-0.1, -0.05) is 19.3 Å². The Labute approximate surface area is 66.6 Å². The van der Waals surface area contributed by atoms with E-state index in [0.717, 1.165) is 0 Å². The number of fused-ring (bicyclic) bond motifs is 1. The standard InChI is InChI=1S/C9H15FO/c10-8-4-6-2-1-3-7(6)5-9(8)11/h6-9,11H,1-5H2/t6-,7-,8+,9+/m0/s1. The Hall–Kier alpha value is -0.110. The van der Waals surface area contributed by atoms with E-state index >= 15 is 0 Å². The predicted octanol–water partition coefficient (Wildman–Crippen LogP) is 1.90. The minimum absolute atomic E-state index is 0.591. The van der Waals surface area contributed by atoms with Crippen LogP contribution >= 0.6 is 0 Å². The molecule has 0 saturated heterocycles. The maximum absolute atomic E-state index is 13.0. The summed E-state index contributed by atoms with van der Waals surface area (Å²) in [5, 5.41) is 9.25. The first-order valence-corrected chi connectivity index (χ1v) is 4.59. The molecule has 11 heavy (non-hydrogen) atoms. The van der Waals surface area contributed by atoms with Gasteiger partial charge in [-0.05, 0) is 24.7 Å². The second kappa shape index (κ2) is 2.74. The van der Waals surface area contributed by atoms with E-state index in [-0.39, 0.29) is 0 Å². The van der Waals surface area contributed by atoms with Crippen LogP contribution in [0, 0.1) is 11.8 Å². The van der Waals surface area contributed by atoms with Crippen LogP contribution in [0.4, 0.5) is 4.39 Å². The van der Waals surface area contributed by atoms with Crippen molar-refractivity contribution < 1.29 is 9.50 Å². The van der Waals surface area contributed by atoms with E-state index < -0.39 is 12.3 Å². The lowest BCUT2D eigenvalue weighted by molar-refractivity contribution is 0.00436. The molecule has 1 nitrogen and oxygen atoms in total. The molecule has 2 rings (SSSR count). The number of aliphatic hydroxyl groups excluding tert-OH is 1. The molecule has 0 unspecified atom stereocenters. The van der Waals surface area contributed by atoms with Gasteiger partial charge in [-0.2, -0.15) is 0 Å². The molecule has 0 aliphatic heterocycles. The second-order valence-corrected chi connectivity index (χ2v) is 4.01. The Balaban J connectivity index is 2.00. The lowest BCUT2D eigenvalue weighted by Gasteiger charge is -2.31. The first-order chi connectivity index (χ1) is 5.27. The van der Waals surface area contributed by atoms with E-state index in [1.54, 1.807) is 0 Å². The number of alkyl halides is 1. The van der Waals surface area contributed by atoms with Gasteiger partial charge in [0.25, 0.3) is 0 Å². The Morgan fingerprint density at radius 2 is 1.73 bits per heavy atom. The zero-order chi connectivity index (χ0) is 7.84. The minimum Gasteiger partial charge on any atom is -0.390 e. The van der Waals surface area contributed by atoms with Crippen molar-refractivity contribution in [1.82, 2.24) is 0 Å². The van der Waals surface area contributed by atoms with Crippen molar-refractivity contribution in [1.29, 1.82) is 0 Å². The van der Waals surface area contributed by atoms with Crippen molar-refractivity contribution in [3.8, 4) is 0 Å². The molecule has 0 amide bonds. The number of halogens is 1. The van der Waals surface area contributed by atoms with Gasteiger partial charge in [-0.25, -0.2) is 4.39 Å². The highest BCUT2D eigenvalue weighted by atomic mass is 19.1. The fourth-order valence-electron chi connectivity index (χ4n) is 2.64. The van der Waals surface area contributed by atoms with Crippen LogP contribution in [0.3, 0.4) is 0 Å². The fraction of sp³-hybridized carbons (Fsp3) is 1.00. The third kappa shape index (κ3) is 1.28. The molecule has 64 valence electrons. The van der Waals surface area contributed by atoms with Gasteiger partial charge in [0.15, 0.2) is 0 Å². The number of hydrogen-bond acceptors (Lipinski definition) is 1. The van der Waals surface area contributed by atoms with Gasteiger partial charge in [0.05, 0.1) is 6.10 Å². The molecule has 0 radical (unpaired) electrons. The maximum atomic E-state index is 13.0. The summed E-state index contributed by atoms with van der Waals surface area (Å²) in [6, 6.07) is 0. The van der Waals surface area contributed by atoms with Crippen LogP contribution in [-0.4, -0.2) is 17.4 Å². The molecule has 2 aliphatic rings. The number of hydrogen-bond donors (Lipinski definition) is 1. The van der Waals surface area contributed by atoms with Crippen molar-refractivity contribution >= 4 is 0 Å². The molecular formula is C9H15FO. The van der Waals surface area contributed by atoms with E-state index in [0.29, 0.717) is 24.7 Å². The summed E-state index contributed by atoms with van der Waals surface area (Å²) < 4.78 is 13.0. The molecule has 1 N–H and O–H groups in total. The summed E-state index contributed by atoms with van der Waals surface area (Å²) in [6.07, 6.45) is 3.39. The third-order valence-corrected chi connectivity index (χ3v) is 3.31. The van der Waals surface area contributed by atoms with Crippen LogP contribution in [0.5, 0.6) is 0 Å². The van der Waals surface area contributed by atoms with Gasteiger partial charge in [0.1, 0.15) is 6.17 Å². The number of aliphatic hydroxyl groups is 1. The van der Waals surface area contributed by atoms with Gasteiger partial charge in [-0.3, -0.25) is 0 Å². The molecule has 2 fully saturated rings. The number of rotatable bonds is 0. The van der Waals surface area contributed by atoms with E-state index in [9.17, 15) is 9.50 Å². The maximum Gasteiger partial charge on any atom is 0.126 e. The highest BCUT2D eigenvalue weighted by molar-refractivity contribution is 4.89. The molecule has 0 heterocycles. The third-order valence-electron chi connectivity index (χ3n) is 3.31. The van der Waals surface area contributed by atoms with E-state index in [2.05, 4.69) is 0 Å². The van der Waals surface area contributed by atoms with Gasteiger partial charge in [0.2, 0.25) is 0 Å². The smallest absolute Gasteiger partial charge is 0.126 e. The van der Waals surface area contributed by atoms with Crippen LogP contribution in [-0.2, 0) is 0 Å². The first-order valence-electron chi connectivity index (χ1n) is 4.59. The Morgan fingerprint density at radius 3 is 2.45 bits per heavy atom. The van der Waals surface area contributed by atoms with Gasteiger partial charge in [-0.15, -0.1) is 0 Å². The zero-order valence-corrected chi connectivity index (χ0v) is 6.67. The minimum atomic E-state index is -0.936. The summed E-state index contributed by atoms with van der Waals surface area (Å²) >= 11 is 0. The van der Waals surface area contributed by atoms with Crippen molar-refractivity contribution in [2.75, 3.05) is 0 Å². The van der Waals surface area contributed by atoms with Crippen molar-refractivity contribution in [3.05, 3.63) is 0 Å². The molecule has 0 aromatic rings. The monoisotopic (exact) mass is 158 g/mol. The van der Waals surface area contributed by atoms with Crippen molar-refractivity contribution in [3.63, 3.8) is 0 Å². The van der Waals surface area contributed by atoms with Crippen LogP contribution in [0.25, 0.3) is 0 Å². The van der Waals surface area contributed by atoms with E-state index in [1.807, 2.05) is 0 Å². The quantitative estimate of drug-likeness (QED) is 0.571. The summed E-state index contributed by atoms with van der Waals surface area (Å²) in [4.78, 5) is 0. The average Bonchev–Trinajstić information content (AvgIpc) is 2.36. The van der Waals surface area contributed by atoms with Crippen molar-refractivity contribution in [2.24, 2.45) is 11.8 Å². The van der Waals surface area contributed by atoms with E-state index in [1.165, 1.54) is 19.3 Å². The Bertz CT molecular complexity index is 132. The van der Waals surface area contributed by atoms with Gasteiger partial charge in [0, 0.05) is 0 Å². The molecule has 2 heteroatoms.